The van der Waals surface area contributed by atoms with Gasteiger partial charge in [0.25, 0.3) is 0 Å². The van der Waals surface area contributed by atoms with Crippen molar-refractivity contribution < 1.29 is 4.79 Å². The Morgan fingerprint density at radius 1 is 1.80 bits per heavy atom. The van der Waals surface area contributed by atoms with Crippen molar-refractivity contribution in [3.63, 3.8) is 0 Å². The van der Waals surface area contributed by atoms with Gasteiger partial charge in [0.05, 0.1) is 5.71 Å². The highest BCUT2D eigenvalue weighted by molar-refractivity contribution is 6.40. The Labute approximate surface area is 66.1 Å². The van der Waals surface area contributed by atoms with Crippen LogP contribution in [-0.4, -0.2) is 16.9 Å². The maximum Gasteiger partial charge on any atom is 0.176 e. The van der Waals surface area contributed by atoms with Crippen molar-refractivity contribution in [2.24, 2.45) is 0 Å². The Balaban J connectivity index is 3.74. The third kappa shape index (κ3) is 3.62. The molecule has 0 saturated carbocycles. The molecule has 0 rings (SSSR count). The first-order valence-electron chi connectivity index (χ1n) is 3.15. The minimum absolute atomic E-state index is 0.0810. The van der Waals surface area contributed by atoms with Crippen molar-refractivity contribution in [1.29, 1.82) is 5.41 Å². The van der Waals surface area contributed by atoms with Gasteiger partial charge in [-0.2, -0.15) is 0 Å². The van der Waals surface area contributed by atoms with Gasteiger partial charge in [-0.05, 0) is 6.92 Å². The summed E-state index contributed by atoms with van der Waals surface area (Å²) in [6.07, 6.45) is 0.649. The predicted molar refractivity (Wildman–Crippen MR) is 42.6 cm³/mol. The molecule has 1 radical (unpaired) electrons. The predicted octanol–water partition coefficient (Wildman–Crippen LogP) is 1.82. The van der Waals surface area contributed by atoms with E-state index in [1.54, 1.807) is 6.92 Å². The number of Topliss-reactive ketones (excluding diaryl/α,β-unsaturated/α-hetero) is 1. The van der Waals surface area contributed by atoms with Gasteiger partial charge in [0.1, 0.15) is 0 Å². The molecule has 0 fully saturated rings. The zero-order valence-electron chi connectivity index (χ0n) is 5.98. The summed E-state index contributed by atoms with van der Waals surface area (Å²) in [5.41, 5.74) is 0.0810. The van der Waals surface area contributed by atoms with Crippen LogP contribution >= 0.6 is 11.6 Å². The SMILES string of the molecule is [CH2]C(Cl)CC(=N)C(=O)CC. The number of carbonyl (C=O) groups excluding carboxylic acids is 1. The van der Waals surface area contributed by atoms with Crippen LogP contribution in [0.2, 0.25) is 0 Å². The summed E-state index contributed by atoms with van der Waals surface area (Å²) in [5.74, 6) is -0.144. The molecule has 0 saturated heterocycles. The van der Waals surface area contributed by atoms with E-state index in [0.29, 0.717) is 6.42 Å². The highest BCUT2D eigenvalue weighted by atomic mass is 35.5. The van der Waals surface area contributed by atoms with Gasteiger partial charge in [0, 0.05) is 18.2 Å². The lowest BCUT2D eigenvalue weighted by Crippen LogP contribution is -2.14. The molecular formula is C7H11ClNO. The number of hydrogen-bond donors (Lipinski definition) is 1. The van der Waals surface area contributed by atoms with Gasteiger partial charge in [0.2, 0.25) is 0 Å². The van der Waals surface area contributed by atoms with Crippen molar-refractivity contribution in [2.75, 3.05) is 0 Å². The minimum Gasteiger partial charge on any atom is -0.302 e. The van der Waals surface area contributed by atoms with E-state index < -0.39 is 0 Å². The largest absolute Gasteiger partial charge is 0.302 e. The number of halogens is 1. The molecule has 0 spiro atoms. The zero-order chi connectivity index (χ0) is 8.15. The fourth-order valence-corrected chi connectivity index (χ4v) is 0.703. The first-order chi connectivity index (χ1) is 4.57. The summed E-state index contributed by atoms with van der Waals surface area (Å²) in [6, 6.07) is 0. The molecule has 0 bridgehead atoms. The lowest BCUT2D eigenvalue weighted by molar-refractivity contribution is -0.112. The molecule has 0 heterocycles. The maximum absolute atomic E-state index is 10.7. The number of ketones is 1. The lowest BCUT2D eigenvalue weighted by atomic mass is 10.1. The molecule has 0 aliphatic carbocycles. The Kier molecular flexibility index (Phi) is 4.28. The van der Waals surface area contributed by atoms with Crippen LogP contribution in [0.15, 0.2) is 0 Å². The second-order valence-corrected chi connectivity index (χ2v) is 2.67. The standard InChI is InChI=1S/C7H11ClNO/c1-3-7(10)6(9)4-5(2)8/h5,9H,2-4H2,1H3. The molecule has 3 heteroatoms. The van der Waals surface area contributed by atoms with Gasteiger partial charge in [-0.1, -0.05) is 6.92 Å². The number of nitrogens with one attached hydrogen (secondary N) is 1. The number of carbonyl (C=O) groups is 1. The van der Waals surface area contributed by atoms with Crippen LogP contribution in [0.5, 0.6) is 0 Å². The fourth-order valence-electron chi connectivity index (χ4n) is 0.549. The molecule has 1 atom stereocenters. The van der Waals surface area contributed by atoms with Gasteiger partial charge in [-0.25, -0.2) is 0 Å². The smallest absolute Gasteiger partial charge is 0.176 e. The average Bonchev–Trinajstić information content (AvgIpc) is 1.85. The second kappa shape index (κ2) is 4.45. The van der Waals surface area contributed by atoms with E-state index in [-0.39, 0.29) is 23.3 Å². The molecule has 0 aromatic carbocycles. The summed E-state index contributed by atoms with van der Waals surface area (Å²) in [6.45, 7) is 5.19. The van der Waals surface area contributed by atoms with Gasteiger partial charge >= 0.3 is 0 Å². The molecule has 1 unspecified atom stereocenters. The van der Waals surface area contributed by atoms with E-state index in [9.17, 15) is 4.79 Å². The fraction of sp³-hybridized carbons (Fsp3) is 0.571. The molecule has 0 aromatic heterocycles. The molecule has 10 heavy (non-hydrogen) atoms. The van der Waals surface area contributed by atoms with Crippen LogP contribution in [-0.2, 0) is 4.79 Å². The van der Waals surface area contributed by atoms with E-state index >= 15 is 0 Å². The Morgan fingerprint density at radius 3 is 2.60 bits per heavy atom. The summed E-state index contributed by atoms with van der Waals surface area (Å²) >= 11 is 5.47. The third-order valence-corrected chi connectivity index (χ3v) is 1.24. The summed E-state index contributed by atoms with van der Waals surface area (Å²) in [7, 11) is 0. The first kappa shape index (κ1) is 9.63. The third-order valence-electron chi connectivity index (χ3n) is 1.08. The van der Waals surface area contributed by atoms with Gasteiger partial charge in [0.15, 0.2) is 5.78 Å². The minimum atomic E-state index is -0.358. The van der Waals surface area contributed by atoms with Crippen LogP contribution in [0.3, 0.4) is 0 Å². The van der Waals surface area contributed by atoms with Gasteiger partial charge in [-0.3, -0.25) is 4.79 Å². The number of alkyl halides is 1. The molecular weight excluding hydrogens is 150 g/mol. The monoisotopic (exact) mass is 160 g/mol. The van der Waals surface area contributed by atoms with Crippen molar-refractivity contribution in [3.8, 4) is 0 Å². The van der Waals surface area contributed by atoms with E-state index in [1.165, 1.54) is 0 Å². The van der Waals surface area contributed by atoms with E-state index in [2.05, 4.69) is 6.92 Å². The van der Waals surface area contributed by atoms with Crippen LogP contribution in [0.25, 0.3) is 0 Å². The highest BCUT2D eigenvalue weighted by Crippen LogP contribution is 2.01. The van der Waals surface area contributed by atoms with E-state index in [1.807, 2.05) is 0 Å². The number of rotatable bonds is 4. The molecule has 0 amide bonds. The van der Waals surface area contributed by atoms with Crippen LogP contribution < -0.4 is 0 Å². The van der Waals surface area contributed by atoms with Crippen molar-refractivity contribution >= 4 is 23.1 Å². The zero-order valence-corrected chi connectivity index (χ0v) is 6.74. The quantitative estimate of drug-likeness (QED) is 0.495. The van der Waals surface area contributed by atoms with Crippen LogP contribution in [0.4, 0.5) is 0 Å². The van der Waals surface area contributed by atoms with Gasteiger partial charge < -0.3 is 5.41 Å². The van der Waals surface area contributed by atoms with E-state index in [0.717, 1.165) is 0 Å². The lowest BCUT2D eigenvalue weighted by Gasteiger charge is -2.01. The Bertz CT molecular complexity index is 143. The van der Waals surface area contributed by atoms with Crippen molar-refractivity contribution in [2.45, 2.75) is 25.1 Å². The summed E-state index contributed by atoms with van der Waals surface area (Å²) in [5, 5.41) is 6.79. The Hall–Kier alpha value is -0.370. The topological polar surface area (TPSA) is 40.9 Å². The van der Waals surface area contributed by atoms with Gasteiger partial charge in [-0.15, -0.1) is 11.6 Å². The summed E-state index contributed by atoms with van der Waals surface area (Å²) < 4.78 is 0. The molecule has 57 valence electrons. The van der Waals surface area contributed by atoms with Crippen molar-refractivity contribution in [3.05, 3.63) is 6.92 Å². The number of hydrogen-bond acceptors (Lipinski definition) is 2. The highest BCUT2D eigenvalue weighted by Gasteiger charge is 2.08. The maximum atomic E-state index is 10.7. The molecule has 0 aliphatic rings. The molecule has 1 N–H and O–H groups in total. The molecule has 0 aromatic rings. The molecule has 2 nitrogen and oxygen atoms in total. The first-order valence-corrected chi connectivity index (χ1v) is 3.59. The van der Waals surface area contributed by atoms with E-state index in [4.69, 9.17) is 17.0 Å². The summed E-state index contributed by atoms with van der Waals surface area (Å²) in [4.78, 5) is 10.7. The van der Waals surface area contributed by atoms with Crippen molar-refractivity contribution in [1.82, 2.24) is 0 Å². The normalized spacial score (nSPS) is 12.7. The Morgan fingerprint density at radius 2 is 2.30 bits per heavy atom. The molecule has 0 aliphatic heterocycles. The van der Waals surface area contributed by atoms with Crippen LogP contribution in [0, 0.1) is 12.3 Å². The van der Waals surface area contributed by atoms with Crippen LogP contribution in [0.1, 0.15) is 19.8 Å². The average molecular weight is 161 g/mol. The second-order valence-electron chi connectivity index (χ2n) is 2.06.